The number of hydrogen-bond acceptors (Lipinski definition) is 3. The minimum absolute atomic E-state index is 0.0349. The summed E-state index contributed by atoms with van der Waals surface area (Å²) in [5.41, 5.74) is 0.590. The third-order valence-electron chi connectivity index (χ3n) is 4.78. The molecule has 164 valence electrons. The van der Waals surface area contributed by atoms with Gasteiger partial charge >= 0.3 is 0 Å². The number of nitrogens with two attached hydrogens (primary N) is 1. The third kappa shape index (κ3) is 4.14. The molecule has 0 amide bonds. The predicted octanol–water partition coefficient (Wildman–Crippen LogP) is 5.07. The first kappa shape index (κ1) is 21.7. The standard InChI is InChI=1S/C22H15F4N3O2S/c23-15-5-1-13(2-6-15)19-20(22(25)26)28-29(17-9-7-16(24)8-10-17)21(19)14-3-11-18(12-4-14)32(27,30)31/h1-12,22H,(H2,27,30,31). The normalized spacial score (nSPS) is 11.8. The summed E-state index contributed by atoms with van der Waals surface area (Å²) in [7, 11) is -3.97. The molecule has 3 aromatic carbocycles. The zero-order valence-electron chi connectivity index (χ0n) is 16.2. The topological polar surface area (TPSA) is 78.0 Å². The summed E-state index contributed by atoms with van der Waals surface area (Å²) in [6, 6.07) is 15.3. The zero-order valence-corrected chi connectivity index (χ0v) is 17.0. The van der Waals surface area contributed by atoms with Crippen molar-refractivity contribution in [2.45, 2.75) is 11.3 Å². The minimum atomic E-state index is -3.97. The van der Waals surface area contributed by atoms with E-state index in [1.807, 2.05) is 0 Å². The molecule has 1 aromatic heterocycles. The van der Waals surface area contributed by atoms with Crippen molar-refractivity contribution in [3.05, 3.63) is 90.1 Å². The van der Waals surface area contributed by atoms with E-state index in [9.17, 15) is 26.0 Å². The number of hydrogen-bond donors (Lipinski definition) is 1. The quantitative estimate of drug-likeness (QED) is 0.422. The Labute approximate surface area is 180 Å². The summed E-state index contributed by atoms with van der Waals surface area (Å²) >= 11 is 0. The van der Waals surface area contributed by atoms with Gasteiger partial charge in [0.15, 0.2) is 0 Å². The second-order valence-corrected chi connectivity index (χ2v) is 8.44. The molecular formula is C22H15F4N3O2S. The number of nitrogens with zero attached hydrogens (tertiary/aromatic N) is 2. The summed E-state index contributed by atoms with van der Waals surface area (Å²) < 4.78 is 79.3. The Balaban J connectivity index is 2.04. The maximum absolute atomic E-state index is 14.0. The smallest absolute Gasteiger partial charge is 0.232 e. The maximum atomic E-state index is 14.0. The molecule has 0 fully saturated rings. The van der Waals surface area contributed by atoms with Crippen molar-refractivity contribution in [2.75, 3.05) is 0 Å². The molecule has 0 spiro atoms. The van der Waals surface area contributed by atoms with Crippen molar-refractivity contribution in [1.29, 1.82) is 0 Å². The molecular weight excluding hydrogens is 446 g/mol. The largest absolute Gasteiger partial charge is 0.282 e. The van der Waals surface area contributed by atoms with E-state index in [0.29, 0.717) is 11.3 Å². The van der Waals surface area contributed by atoms with Gasteiger partial charge < -0.3 is 0 Å². The van der Waals surface area contributed by atoms with Crippen LogP contribution in [0.3, 0.4) is 0 Å². The van der Waals surface area contributed by atoms with Crippen molar-refractivity contribution in [2.24, 2.45) is 5.14 Å². The van der Waals surface area contributed by atoms with Crippen LogP contribution in [0, 0.1) is 11.6 Å². The third-order valence-corrected chi connectivity index (χ3v) is 5.71. The van der Waals surface area contributed by atoms with E-state index in [4.69, 9.17) is 5.14 Å². The van der Waals surface area contributed by atoms with Crippen molar-refractivity contribution in [3.63, 3.8) is 0 Å². The van der Waals surface area contributed by atoms with Gasteiger partial charge in [0.25, 0.3) is 6.43 Å². The first-order valence-electron chi connectivity index (χ1n) is 9.21. The molecule has 5 nitrogen and oxygen atoms in total. The van der Waals surface area contributed by atoms with Gasteiger partial charge in [-0.05, 0) is 54.1 Å². The van der Waals surface area contributed by atoms with Crippen molar-refractivity contribution < 1.29 is 26.0 Å². The van der Waals surface area contributed by atoms with Gasteiger partial charge in [-0.25, -0.2) is 35.8 Å². The molecule has 32 heavy (non-hydrogen) atoms. The van der Waals surface area contributed by atoms with Crippen molar-refractivity contribution in [3.8, 4) is 28.1 Å². The minimum Gasteiger partial charge on any atom is -0.232 e. The Hall–Kier alpha value is -3.50. The average Bonchev–Trinajstić information content (AvgIpc) is 3.15. The number of halogens is 4. The molecule has 0 saturated heterocycles. The molecule has 0 saturated carbocycles. The van der Waals surface area contributed by atoms with Gasteiger partial charge in [-0.2, -0.15) is 5.10 Å². The van der Waals surface area contributed by atoms with E-state index in [1.165, 1.54) is 53.2 Å². The Morgan fingerprint density at radius 3 is 1.78 bits per heavy atom. The Morgan fingerprint density at radius 2 is 1.28 bits per heavy atom. The molecule has 0 unspecified atom stereocenters. The van der Waals surface area contributed by atoms with Crippen LogP contribution in [0.2, 0.25) is 0 Å². The van der Waals surface area contributed by atoms with Crippen molar-refractivity contribution in [1.82, 2.24) is 9.78 Å². The van der Waals surface area contributed by atoms with Crippen LogP contribution in [-0.4, -0.2) is 18.2 Å². The zero-order chi connectivity index (χ0) is 23.0. The summed E-state index contributed by atoms with van der Waals surface area (Å²) in [5, 5.41) is 9.21. The Morgan fingerprint density at radius 1 is 0.781 bits per heavy atom. The van der Waals surface area contributed by atoms with Crippen LogP contribution in [0.25, 0.3) is 28.1 Å². The second-order valence-electron chi connectivity index (χ2n) is 6.87. The van der Waals surface area contributed by atoms with Crippen molar-refractivity contribution >= 4 is 10.0 Å². The fourth-order valence-corrected chi connectivity index (χ4v) is 3.84. The van der Waals surface area contributed by atoms with E-state index in [-0.39, 0.29) is 21.7 Å². The lowest BCUT2D eigenvalue weighted by molar-refractivity contribution is 0.146. The highest BCUT2D eigenvalue weighted by Gasteiger charge is 2.27. The van der Waals surface area contributed by atoms with Crippen LogP contribution in [0.4, 0.5) is 17.6 Å². The summed E-state index contributed by atoms with van der Waals surface area (Å²) in [6.07, 6.45) is -2.97. The van der Waals surface area contributed by atoms with Crippen LogP contribution in [0.1, 0.15) is 12.1 Å². The maximum Gasteiger partial charge on any atom is 0.282 e. The molecule has 0 atom stereocenters. The molecule has 0 aliphatic rings. The fraction of sp³-hybridized carbons (Fsp3) is 0.0455. The molecule has 1 heterocycles. The van der Waals surface area contributed by atoms with Crippen LogP contribution >= 0.6 is 0 Å². The van der Waals surface area contributed by atoms with Crippen LogP contribution in [0.15, 0.2) is 77.7 Å². The van der Waals surface area contributed by atoms with Gasteiger partial charge in [0.1, 0.15) is 17.3 Å². The molecule has 0 aliphatic carbocycles. The molecule has 0 radical (unpaired) electrons. The van der Waals surface area contributed by atoms with Gasteiger partial charge in [-0.15, -0.1) is 0 Å². The summed E-state index contributed by atoms with van der Waals surface area (Å²) in [4.78, 5) is -0.161. The van der Waals surface area contributed by atoms with Gasteiger partial charge in [-0.1, -0.05) is 24.3 Å². The summed E-state index contributed by atoms with van der Waals surface area (Å²) in [6.45, 7) is 0. The van der Waals surface area contributed by atoms with E-state index in [2.05, 4.69) is 5.10 Å². The lowest BCUT2D eigenvalue weighted by atomic mass is 9.98. The number of rotatable bonds is 5. The molecule has 0 bridgehead atoms. The molecule has 4 aromatic rings. The average molecular weight is 461 g/mol. The molecule has 0 aliphatic heterocycles. The first-order valence-corrected chi connectivity index (χ1v) is 10.8. The number of benzene rings is 3. The van der Waals surface area contributed by atoms with Gasteiger partial charge in [0.2, 0.25) is 10.0 Å². The Kier molecular flexibility index (Phi) is 5.57. The number of alkyl halides is 2. The lowest BCUT2D eigenvalue weighted by Crippen LogP contribution is -2.11. The van der Waals surface area contributed by atoms with Crippen LogP contribution < -0.4 is 5.14 Å². The fourth-order valence-electron chi connectivity index (χ4n) is 3.33. The van der Waals surface area contributed by atoms with E-state index in [1.54, 1.807) is 0 Å². The number of aromatic nitrogens is 2. The molecule has 10 heteroatoms. The molecule has 2 N–H and O–H groups in total. The number of primary sulfonamides is 1. The van der Waals surface area contributed by atoms with Crippen LogP contribution in [-0.2, 0) is 10.0 Å². The number of sulfonamides is 1. The van der Waals surface area contributed by atoms with E-state index >= 15 is 0 Å². The van der Waals surface area contributed by atoms with E-state index in [0.717, 1.165) is 24.3 Å². The monoisotopic (exact) mass is 461 g/mol. The SMILES string of the molecule is NS(=O)(=O)c1ccc(-c2c(-c3ccc(F)cc3)c(C(F)F)nn2-c2ccc(F)cc2)cc1. The van der Waals surface area contributed by atoms with Gasteiger partial charge in [-0.3, -0.25) is 0 Å². The highest BCUT2D eigenvalue weighted by atomic mass is 32.2. The molecule has 4 rings (SSSR count). The first-order chi connectivity index (χ1) is 15.1. The van der Waals surface area contributed by atoms with Gasteiger partial charge in [0.05, 0.1) is 16.3 Å². The predicted molar refractivity (Wildman–Crippen MR) is 111 cm³/mol. The second kappa shape index (κ2) is 8.21. The van der Waals surface area contributed by atoms with Gasteiger partial charge in [0, 0.05) is 11.1 Å². The lowest BCUT2D eigenvalue weighted by Gasteiger charge is -2.11. The van der Waals surface area contributed by atoms with E-state index < -0.39 is 33.8 Å². The van der Waals surface area contributed by atoms with Crippen LogP contribution in [0.5, 0.6) is 0 Å². The highest BCUT2D eigenvalue weighted by molar-refractivity contribution is 7.89. The summed E-state index contributed by atoms with van der Waals surface area (Å²) in [5.74, 6) is -1.06. The highest BCUT2D eigenvalue weighted by Crippen LogP contribution is 2.40. The Bertz CT molecular complexity index is 1370.